The van der Waals surface area contributed by atoms with Crippen molar-refractivity contribution in [2.45, 2.75) is 45.4 Å². The molecule has 9 N–H and O–H groups in total. The van der Waals surface area contributed by atoms with E-state index < -0.39 is 0 Å². The van der Waals surface area contributed by atoms with Gasteiger partial charge in [0.25, 0.3) is 0 Å². The Hall–Kier alpha value is -3.26. The van der Waals surface area contributed by atoms with Gasteiger partial charge in [0, 0.05) is 32.8 Å². The summed E-state index contributed by atoms with van der Waals surface area (Å²) in [5.74, 6) is 2.26. The van der Waals surface area contributed by atoms with Crippen LogP contribution in [0.3, 0.4) is 0 Å². The Morgan fingerprint density at radius 2 is 1.65 bits per heavy atom. The van der Waals surface area contributed by atoms with Crippen LogP contribution in [-0.4, -0.2) is 71.2 Å². The monoisotopic (exact) mass is 483 g/mol. The maximum absolute atomic E-state index is 11.8. The molecule has 0 fully saturated rings. The second-order valence-corrected chi connectivity index (χ2v) is 7.31. The zero-order valence-electron chi connectivity index (χ0n) is 19.8. The Morgan fingerprint density at radius 3 is 2.35 bits per heavy atom. The zero-order chi connectivity index (χ0) is 25.0. The van der Waals surface area contributed by atoms with Crippen LogP contribution in [0.4, 0.5) is 22.4 Å². The predicted molar refractivity (Wildman–Crippen MR) is 133 cm³/mol. The van der Waals surface area contributed by atoms with Gasteiger partial charge in [-0.3, -0.25) is 9.98 Å². The van der Waals surface area contributed by atoms with E-state index in [1.54, 1.807) is 0 Å². The molecule has 1 aromatic heterocycles. The summed E-state index contributed by atoms with van der Waals surface area (Å²) in [6.07, 6.45) is 4.46. The molecule has 0 aliphatic heterocycles. The fourth-order valence-corrected chi connectivity index (χ4v) is 2.62. The molecule has 1 rings (SSSR count). The van der Waals surface area contributed by atoms with Gasteiger partial charge in [-0.25, -0.2) is 0 Å². The van der Waals surface area contributed by atoms with Crippen molar-refractivity contribution in [1.82, 2.24) is 30.9 Å². The lowest BCUT2D eigenvalue weighted by atomic mass is 10.3. The van der Waals surface area contributed by atoms with Crippen LogP contribution in [0.25, 0.3) is 0 Å². The first-order valence-corrected chi connectivity index (χ1v) is 11.3. The third kappa shape index (κ3) is 14.7. The number of anilines is 3. The highest BCUT2D eigenvalue weighted by Gasteiger charge is 2.03. The Kier molecular flexibility index (Phi) is 15.4. The molecule has 0 unspecified atom stereocenters. The third-order valence-electron chi connectivity index (χ3n) is 4.28. The highest BCUT2D eigenvalue weighted by molar-refractivity contribution is 5.99. The molecule has 0 aliphatic carbocycles. The van der Waals surface area contributed by atoms with Crippen molar-refractivity contribution in [3.63, 3.8) is 0 Å². The van der Waals surface area contributed by atoms with Gasteiger partial charge in [-0.15, -0.1) is 0 Å². The smallest absolute Gasteiger partial charge is 0.229 e. The van der Waals surface area contributed by atoms with Crippen molar-refractivity contribution in [2.75, 3.05) is 56.2 Å². The summed E-state index contributed by atoms with van der Waals surface area (Å²) in [4.78, 5) is 24.2. The normalized spacial score (nSPS) is 11.9. The predicted octanol–water partition coefficient (Wildman–Crippen LogP) is 0.696. The quantitative estimate of drug-likeness (QED) is 0.0936. The fraction of sp³-hybridized carbons (Fsp3) is 0.650. The van der Waals surface area contributed by atoms with E-state index in [0.29, 0.717) is 62.6 Å². The molecule has 0 aromatic carbocycles. The Balaban J connectivity index is 2.43. The minimum atomic E-state index is 0.0498. The molecule has 0 spiro atoms. The summed E-state index contributed by atoms with van der Waals surface area (Å²) in [6, 6.07) is 0. The van der Waals surface area contributed by atoms with Crippen molar-refractivity contribution in [3.8, 4) is 0 Å². The summed E-state index contributed by atoms with van der Waals surface area (Å²) in [5.41, 5.74) is 11.1. The van der Waals surface area contributed by atoms with Gasteiger partial charge in [-0.05, 0) is 50.0 Å². The topological polar surface area (TPSA) is 193 Å². The van der Waals surface area contributed by atoms with Crippen LogP contribution in [-0.2, 0) is 4.94 Å². The lowest BCUT2D eigenvalue weighted by Crippen LogP contribution is -2.42. The van der Waals surface area contributed by atoms with Gasteiger partial charge in [0.15, 0.2) is 0 Å². The summed E-state index contributed by atoms with van der Waals surface area (Å²) >= 11 is 0. The van der Waals surface area contributed by atoms with Crippen molar-refractivity contribution < 1.29 is 14.6 Å². The van der Waals surface area contributed by atoms with Crippen molar-refractivity contribution in [1.29, 1.82) is 0 Å². The number of nitrogens with one attached hydrogen (secondary N) is 4. The van der Waals surface area contributed by atoms with Crippen molar-refractivity contribution in [3.05, 3.63) is 12.4 Å². The minimum Gasteiger partial charge on any atom is -0.396 e. The molecular formula is C20H38FN11O2. The maximum atomic E-state index is 11.8. The number of hydrogen-bond donors (Lipinski definition) is 7. The second-order valence-electron chi connectivity index (χ2n) is 7.31. The van der Waals surface area contributed by atoms with E-state index in [-0.39, 0.29) is 25.1 Å². The van der Waals surface area contributed by atoms with Crippen LogP contribution in [0.1, 0.15) is 45.4 Å². The first-order valence-electron chi connectivity index (χ1n) is 11.3. The van der Waals surface area contributed by atoms with Gasteiger partial charge in [0.05, 0.1) is 18.3 Å². The Morgan fingerprint density at radius 1 is 0.971 bits per heavy atom. The number of guanidine groups is 1. The summed E-state index contributed by atoms with van der Waals surface area (Å²) in [5, 5.41) is 21.3. The number of nitrogens with two attached hydrogens (primary N) is 2. The van der Waals surface area contributed by atoms with E-state index in [4.69, 9.17) is 16.6 Å². The molecule has 0 saturated carbocycles. The van der Waals surface area contributed by atoms with Gasteiger partial charge in [-0.1, -0.05) is 6.58 Å². The van der Waals surface area contributed by atoms with Crippen LogP contribution in [0.5, 0.6) is 0 Å². The molecule has 34 heavy (non-hydrogen) atoms. The van der Waals surface area contributed by atoms with Gasteiger partial charge in [-0.2, -0.15) is 19.9 Å². The highest BCUT2D eigenvalue weighted by Crippen LogP contribution is 2.03. The van der Waals surface area contributed by atoms with Crippen LogP contribution in [0, 0.1) is 0 Å². The maximum Gasteiger partial charge on any atom is 0.229 e. The van der Waals surface area contributed by atoms with Crippen LogP contribution in [0.15, 0.2) is 22.4 Å². The summed E-state index contributed by atoms with van der Waals surface area (Å²) in [6.45, 7) is 8.42. The standard InChI is InChI=1S/C20H38FN11O2/c1-15(24-9-3-4-11-27-20-31-17(22)30-18(23)32-20)28-19(26-12-6-8-14-34-21)29-16(2)25-10-5-7-13-33/h25,33H,2-14H2,1H3,(H2,24,26,28,29)(H5,22,23,27,30,31,32). The lowest BCUT2D eigenvalue weighted by Gasteiger charge is -2.15. The van der Waals surface area contributed by atoms with Gasteiger partial charge in [0.1, 0.15) is 0 Å². The number of halogens is 1. The largest absolute Gasteiger partial charge is 0.396 e. The third-order valence-corrected chi connectivity index (χ3v) is 4.28. The number of aliphatic imine (C=N–C) groups is 2. The fourth-order valence-electron chi connectivity index (χ4n) is 2.62. The number of nitrogen functional groups attached to an aromatic ring is 2. The molecule has 0 amide bonds. The number of nitrogens with zero attached hydrogens (tertiary/aromatic N) is 5. The van der Waals surface area contributed by atoms with E-state index in [1.807, 2.05) is 6.92 Å². The number of rotatable bonds is 17. The number of unbranched alkanes of at least 4 members (excludes halogenated alkanes) is 3. The SMILES string of the molecule is C=C(NCCCCO)NC(=NCCCCOF)NC(C)=NCCCCNc1nc(N)nc(N)n1. The van der Waals surface area contributed by atoms with Crippen LogP contribution < -0.4 is 32.7 Å². The molecule has 0 bridgehead atoms. The van der Waals surface area contributed by atoms with Crippen molar-refractivity contribution >= 4 is 29.6 Å². The Bertz CT molecular complexity index is 757. The lowest BCUT2D eigenvalue weighted by molar-refractivity contribution is -0.132. The first-order chi connectivity index (χ1) is 16.4. The van der Waals surface area contributed by atoms with E-state index in [0.717, 1.165) is 25.7 Å². The van der Waals surface area contributed by atoms with Crippen molar-refractivity contribution in [2.24, 2.45) is 9.98 Å². The highest BCUT2D eigenvalue weighted by atomic mass is 19.3. The molecule has 0 atom stereocenters. The number of aliphatic hydroxyl groups is 1. The molecule has 1 heterocycles. The minimum absolute atomic E-state index is 0.0498. The van der Waals surface area contributed by atoms with Gasteiger partial charge < -0.3 is 37.8 Å². The van der Waals surface area contributed by atoms with Gasteiger partial charge >= 0.3 is 0 Å². The van der Waals surface area contributed by atoms with Crippen LogP contribution >= 0.6 is 0 Å². The van der Waals surface area contributed by atoms with E-state index >= 15 is 0 Å². The molecule has 0 aliphatic rings. The molecule has 192 valence electrons. The number of aromatic nitrogens is 3. The summed E-state index contributed by atoms with van der Waals surface area (Å²) in [7, 11) is 0. The second kappa shape index (κ2) is 18.2. The van der Waals surface area contributed by atoms with E-state index in [1.165, 1.54) is 0 Å². The first kappa shape index (κ1) is 28.8. The molecular weight excluding hydrogens is 445 g/mol. The molecule has 13 nitrogen and oxygen atoms in total. The molecule has 0 saturated heterocycles. The van der Waals surface area contributed by atoms with E-state index in [9.17, 15) is 4.53 Å². The Labute approximate surface area is 199 Å². The van der Waals surface area contributed by atoms with Crippen LogP contribution in [0.2, 0.25) is 0 Å². The van der Waals surface area contributed by atoms with Gasteiger partial charge in [0.2, 0.25) is 23.8 Å². The number of amidine groups is 1. The molecule has 1 aromatic rings. The summed E-state index contributed by atoms with van der Waals surface area (Å²) < 4.78 is 11.8. The zero-order valence-corrected chi connectivity index (χ0v) is 19.8. The molecule has 0 radical (unpaired) electrons. The average Bonchev–Trinajstić information content (AvgIpc) is 2.78. The average molecular weight is 484 g/mol. The molecule has 14 heteroatoms. The number of aliphatic hydroxyl groups excluding tert-OH is 1. The van der Waals surface area contributed by atoms with E-state index in [2.05, 4.69) is 57.7 Å². The number of hydrogen-bond acceptors (Lipinski definition) is 11.